The summed E-state index contributed by atoms with van der Waals surface area (Å²) in [4.78, 5) is 27.1. The van der Waals surface area contributed by atoms with Gasteiger partial charge in [0.2, 0.25) is 5.91 Å². The number of hydrogen-bond acceptors (Lipinski definition) is 5. The summed E-state index contributed by atoms with van der Waals surface area (Å²) < 4.78 is 5.23. The Balaban J connectivity index is 1.80. The second-order valence-corrected chi connectivity index (χ2v) is 7.20. The summed E-state index contributed by atoms with van der Waals surface area (Å²) in [5.41, 5.74) is 2.17. The van der Waals surface area contributed by atoms with Crippen LogP contribution in [0.1, 0.15) is 36.5 Å². The Kier molecular flexibility index (Phi) is 6.41. The Morgan fingerprint density at radius 3 is 2.58 bits per heavy atom. The summed E-state index contributed by atoms with van der Waals surface area (Å²) in [7, 11) is 0. The Morgan fingerprint density at radius 1 is 1.15 bits per heavy atom. The van der Waals surface area contributed by atoms with Crippen molar-refractivity contribution in [2.24, 2.45) is 0 Å². The molecule has 1 aliphatic heterocycles. The summed E-state index contributed by atoms with van der Waals surface area (Å²) >= 11 is 1.36. The number of thiophene rings is 1. The first kappa shape index (κ1) is 18.6. The van der Waals surface area contributed by atoms with Gasteiger partial charge in [-0.25, -0.2) is 4.79 Å². The van der Waals surface area contributed by atoms with Crippen molar-refractivity contribution >= 4 is 28.2 Å². The highest BCUT2D eigenvalue weighted by atomic mass is 32.1. The van der Waals surface area contributed by atoms with Gasteiger partial charge in [-0.2, -0.15) is 0 Å². The standard InChI is InChI=1S/C20H24N2O3S/c1-2-25-20(24)18-16(15-9-5-3-6-10-15)14-26-19(18)21-17(23)13-22-11-7-4-8-12-22/h3,5-6,9-10,14H,2,4,7-8,11-13H2,1H3,(H,21,23). The number of anilines is 1. The number of amides is 1. The fourth-order valence-corrected chi connectivity index (χ4v) is 4.15. The van der Waals surface area contributed by atoms with Crippen LogP contribution in [0.2, 0.25) is 0 Å². The van der Waals surface area contributed by atoms with Gasteiger partial charge in [-0.3, -0.25) is 9.69 Å². The largest absolute Gasteiger partial charge is 0.462 e. The predicted molar refractivity (Wildman–Crippen MR) is 105 cm³/mol. The molecule has 1 saturated heterocycles. The van der Waals surface area contributed by atoms with Crippen LogP contribution in [-0.2, 0) is 9.53 Å². The molecule has 138 valence electrons. The number of likely N-dealkylation sites (tertiary alicyclic amines) is 1. The zero-order chi connectivity index (χ0) is 18.4. The normalized spacial score (nSPS) is 14.8. The lowest BCUT2D eigenvalue weighted by Gasteiger charge is -2.25. The zero-order valence-corrected chi connectivity index (χ0v) is 15.8. The molecule has 0 aliphatic carbocycles. The Morgan fingerprint density at radius 2 is 1.88 bits per heavy atom. The Hall–Kier alpha value is -2.18. The van der Waals surface area contributed by atoms with E-state index < -0.39 is 5.97 Å². The second kappa shape index (κ2) is 8.96. The molecular weight excluding hydrogens is 348 g/mol. The molecule has 0 spiro atoms. The van der Waals surface area contributed by atoms with Crippen LogP contribution >= 0.6 is 11.3 Å². The number of benzene rings is 1. The van der Waals surface area contributed by atoms with E-state index >= 15 is 0 Å². The zero-order valence-electron chi connectivity index (χ0n) is 15.0. The summed E-state index contributed by atoms with van der Waals surface area (Å²) in [6.45, 7) is 4.35. The van der Waals surface area contributed by atoms with Crippen molar-refractivity contribution in [3.63, 3.8) is 0 Å². The molecule has 2 heterocycles. The van der Waals surface area contributed by atoms with Gasteiger partial charge in [0.25, 0.3) is 0 Å². The number of carbonyl (C=O) groups is 2. The molecule has 1 N–H and O–H groups in total. The van der Waals surface area contributed by atoms with Gasteiger partial charge in [0.15, 0.2) is 0 Å². The van der Waals surface area contributed by atoms with Crippen molar-refractivity contribution in [2.45, 2.75) is 26.2 Å². The summed E-state index contributed by atoms with van der Waals surface area (Å²) in [6.07, 6.45) is 3.51. The number of esters is 1. The van der Waals surface area contributed by atoms with E-state index in [0.717, 1.165) is 37.1 Å². The van der Waals surface area contributed by atoms with E-state index in [2.05, 4.69) is 10.2 Å². The number of ether oxygens (including phenoxy) is 1. The number of nitrogens with zero attached hydrogens (tertiary/aromatic N) is 1. The van der Waals surface area contributed by atoms with E-state index in [4.69, 9.17) is 4.74 Å². The Bertz CT molecular complexity index is 752. The van der Waals surface area contributed by atoms with E-state index in [0.29, 0.717) is 23.7 Å². The number of piperidine rings is 1. The van der Waals surface area contributed by atoms with Crippen LogP contribution in [0.15, 0.2) is 35.7 Å². The topological polar surface area (TPSA) is 58.6 Å². The highest BCUT2D eigenvalue weighted by Gasteiger charge is 2.23. The molecule has 3 rings (SSSR count). The Labute approximate surface area is 158 Å². The predicted octanol–water partition coefficient (Wildman–Crippen LogP) is 4.02. The third kappa shape index (κ3) is 4.51. The van der Waals surface area contributed by atoms with Gasteiger partial charge < -0.3 is 10.1 Å². The minimum atomic E-state index is -0.402. The molecule has 0 bridgehead atoms. The fourth-order valence-electron chi connectivity index (χ4n) is 3.17. The molecule has 0 radical (unpaired) electrons. The lowest BCUT2D eigenvalue weighted by molar-refractivity contribution is -0.117. The van der Waals surface area contributed by atoms with Crippen LogP contribution in [0.25, 0.3) is 11.1 Å². The first-order valence-corrected chi connectivity index (χ1v) is 9.93. The van der Waals surface area contributed by atoms with Gasteiger partial charge in [-0.15, -0.1) is 11.3 Å². The molecule has 5 nitrogen and oxygen atoms in total. The smallest absolute Gasteiger partial charge is 0.341 e. The van der Waals surface area contributed by atoms with Crippen molar-refractivity contribution in [2.75, 3.05) is 31.6 Å². The van der Waals surface area contributed by atoms with Crippen LogP contribution < -0.4 is 5.32 Å². The lowest BCUT2D eigenvalue weighted by Crippen LogP contribution is -2.36. The minimum Gasteiger partial charge on any atom is -0.462 e. The molecule has 0 atom stereocenters. The molecule has 1 amide bonds. The van der Waals surface area contributed by atoms with Gasteiger partial charge in [0.1, 0.15) is 10.6 Å². The SMILES string of the molecule is CCOC(=O)c1c(-c2ccccc2)csc1NC(=O)CN1CCCCC1. The lowest BCUT2D eigenvalue weighted by atomic mass is 10.0. The average molecular weight is 372 g/mol. The summed E-state index contributed by atoms with van der Waals surface area (Å²) in [6, 6.07) is 9.68. The van der Waals surface area contributed by atoms with E-state index in [9.17, 15) is 9.59 Å². The van der Waals surface area contributed by atoms with Crippen molar-refractivity contribution in [3.8, 4) is 11.1 Å². The molecule has 1 aliphatic rings. The maximum absolute atomic E-state index is 12.5. The molecule has 0 saturated carbocycles. The maximum atomic E-state index is 12.5. The van der Waals surface area contributed by atoms with Crippen molar-refractivity contribution in [3.05, 3.63) is 41.3 Å². The second-order valence-electron chi connectivity index (χ2n) is 6.32. The first-order valence-electron chi connectivity index (χ1n) is 9.05. The molecule has 1 fully saturated rings. The van der Waals surface area contributed by atoms with E-state index in [1.54, 1.807) is 6.92 Å². The number of hydrogen-bond donors (Lipinski definition) is 1. The molecule has 1 aromatic heterocycles. The first-order chi connectivity index (χ1) is 12.7. The average Bonchev–Trinajstić information content (AvgIpc) is 3.07. The van der Waals surface area contributed by atoms with Crippen molar-refractivity contribution < 1.29 is 14.3 Å². The van der Waals surface area contributed by atoms with Gasteiger partial charge in [-0.1, -0.05) is 36.8 Å². The molecule has 2 aromatic rings. The van der Waals surface area contributed by atoms with Crippen LogP contribution in [0, 0.1) is 0 Å². The molecule has 0 unspecified atom stereocenters. The highest BCUT2D eigenvalue weighted by Crippen LogP contribution is 2.36. The van der Waals surface area contributed by atoms with Gasteiger partial charge in [-0.05, 0) is 38.4 Å². The van der Waals surface area contributed by atoms with Crippen LogP contribution in [0.5, 0.6) is 0 Å². The van der Waals surface area contributed by atoms with Gasteiger partial charge in [0, 0.05) is 10.9 Å². The number of carbonyl (C=O) groups excluding carboxylic acids is 2. The van der Waals surface area contributed by atoms with Crippen molar-refractivity contribution in [1.29, 1.82) is 0 Å². The summed E-state index contributed by atoms with van der Waals surface area (Å²) in [5, 5.41) is 5.38. The fraction of sp³-hybridized carbons (Fsp3) is 0.400. The van der Waals surface area contributed by atoms with Crippen molar-refractivity contribution in [1.82, 2.24) is 4.90 Å². The van der Waals surface area contributed by atoms with E-state index in [-0.39, 0.29) is 5.91 Å². The minimum absolute atomic E-state index is 0.0843. The molecular formula is C20H24N2O3S. The van der Waals surface area contributed by atoms with Crippen LogP contribution in [0.4, 0.5) is 5.00 Å². The third-order valence-corrected chi connectivity index (χ3v) is 5.32. The number of rotatable bonds is 6. The molecule has 6 heteroatoms. The highest BCUT2D eigenvalue weighted by molar-refractivity contribution is 7.15. The van der Waals surface area contributed by atoms with E-state index in [1.165, 1.54) is 17.8 Å². The summed E-state index contributed by atoms with van der Waals surface area (Å²) in [5.74, 6) is -0.486. The molecule has 26 heavy (non-hydrogen) atoms. The third-order valence-electron chi connectivity index (χ3n) is 4.42. The quantitative estimate of drug-likeness (QED) is 0.778. The number of nitrogens with one attached hydrogen (secondary N) is 1. The van der Waals surface area contributed by atoms with Gasteiger partial charge >= 0.3 is 5.97 Å². The van der Waals surface area contributed by atoms with Crippen LogP contribution in [0.3, 0.4) is 0 Å². The van der Waals surface area contributed by atoms with Gasteiger partial charge in [0.05, 0.1) is 13.2 Å². The maximum Gasteiger partial charge on any atom is 0.341 e. The monoisotopic (exact) mass is 372 g/mol. The van der Waals surface area contributed by atoms with E-state index in [1.807, 2.05) is 35.7 Å². The molecule has 1 aromatic carbocycles. The van der Waals surface area contributed by atoms with Crippen LogP contribution in [-0.4, -0.2) is 43.0 Å².